The summed E-state index contributed by atoms with van der Waals surface area (Å²) in [5.74, 6) is -0.273. The molecule has 4 N–H and O–H groups in total. The Labute approximate surface area is 90.8 Å². The molecule has 0 spiro atoms. The highest BCUT2D eigenvalue weighted by Crippen LogP contribution is 1.92. The molecule has 5 nitrogen and oxygen atoms in total. The van der Waals surface area contributed by atoms with Crippen LogP contribution in [0.1, 0.15) is 33.1 Å². The molecule has 1 unspecified atom stereocenters. The molecule has 0 aromatic carbocycles. The fourth-order valence-corrected chi connectivity index (χ4v) is 0.953. The number of carbonyl (C=O) groups excluding carboxylic acids is 2. The first kappa shape index (κ1) is 13.9. The lowest BCUT2D eigenvalue weighted by molar-refractivity contribution is -0.126. The van der Waals surface area contributed by atoms with Gasteiger partial charge in [0.05, 0.1) is 6.54 Å². The number of rotatable bonds is 7. The Morgan fingerprint density at radius 2 is 1.93 bits per heavy atom. The monoisotopic (exact) mass is 215 g/mol. The van der Waals surface area contributed by atoms with Crippen molar-refractivity contribution >= 4 is 11.8 Å². The average Bonchev–Trinajstić information content (AvgIpc) is 2.20. The third-order valence-corrected chi connectivity index (χ3v) is 1.85. The summed E-state index contributed by atoms with van der Waals surface area (Å²) in [7, 11) is 0. The van der Waals surface area contributed by atoms with Crippen molar-refractivity contribution in [3.8, 4) is 0 Å². The van der Waals surface area contributed by atoms with Crippen LogP contribution >= 0.6 is 0 Å². The number of hydrogen-bond donors (Lipinski definition) is 3. The van der Waals surface area contributed by atoms with Gasteiger partial charge in [-0.05, 0) is 19.8 Å². The first-order chi connectivity index (χ1) is 7.06. The Morgan fingerprint density at radius 1 is 1.27 bits per heavy atom. The van der Waals surface area contributed by atoms with Gasteiger partial charge in [0.15, 0.2) is 0 Å². The van der Waals surface area contributed by atoms with Gasteiger partial charge in [-0.1, -0.05) is 6.92 Å². The zero-order valence-electron chi connectivity index (χ0n) is 9.51. The summed E-state index contributed by atoms with van der Waals surface area (Å²) in [6.45, 7) is 4.52. The molecule has 88 valence electrons. The second kappa shape index (κ2) is 8.23. The molecule has 0 aliphatic rings. The molecule has 0 saturated carbocycles. The van der Waals surface area contributed by atoms with E-state index in [4.69, 9.17) is 5.73 Å². The third kappa shape index (κ3) is 9.21. The van der Waals surface area contributed by atoms with Gasteiger partial charge in [-0.15, -0.1) is 0 Å². The number of hydrogen-bond acceptors (Lipinski definition) is 3. The van der Waals surface area contributed by atoms with Crippen molar-refractivity contribution in [2.45, 2.75) is 39.2 Å². The molecule has 0 rings (SSSR count). The van der Waals surface area contributed by atoms with E-state index in [1.807, 2.05) is 13.8 Å². The van der Waals surface area contributed by atoms with Gasteiger partial charge in [-0.25, -0.2) is 0 Å². The molecule has 1 atom stereocenters. The Bertz CT molecular complexity index is 205. The van der Waals surface area contributed by atoms with Crippen LogP contribution in [0.2, 0.25) is 0 Å². The summed E-state index contributed by atoms with van der Waals surface area (Å²) >= 11 is 0. The average molecular weight is 215 g/mol. The number of nitrogens with two attached hydrogens (primary N) is 1. The quantitative estimate of drug-likeness (QED) is 0.548. The zero-order chi connectivity index (χ0) is 11.7. The summed E-state index contributed by atoms with van der Waals surface area (Å²) in [4.78, 5) is 22.3. The van der Waals surface area contributed by atoms with Crippen molar-refractivity contribution in [3.63, 3.8) is 0 Å². The van der Waals surface area contributed by atoms with Crippen molar-refractivity contribution in [3.05, 3.63) is 0 Å². The highest BCUT2D eigenvalue weighted by atomic mass is 16.2. The number of amides is 2. The van der Waals surface area contributed by atoms with E-state index in [1.54, 1.807) is 0 Å². The molecule has 0 radical (unpaired) electrons. The lowest BCUT2D eigenvalue weighted by atomic mass is 10.2. The van der Waals surface area contributed by atoms with E-state index < -0.39 is 0 Å². The Hall–Kier alpha value is -1.10. The van der Waals surface area contributed by atoms with E-state index in [9.17, 15) is 9.59 Å². The van der Waals surface area contributed by atoms with Crippen LogP contribution in [-0.2, 0) is 9.59 Å². The van der Waals surface area contributed by atoms with Gasteiger partial charge in [-0.2, -0.15) is 0 Å². The fourth-order valence-electron chi connectivity index (χ4n) is 0.953. The molecule has 0 aliphatic carbocycles. The summed E-state index contributed by atoms with van der Waals surface area (Å²) < 4.78 is 0. The van der Waals surface area contributed by atoms with Crippen LogP contribution in [0.5, 0.6) is 0 Å². The molecule has 0 bridgehead atoms. The second-order valence-corrected chi connectivity index (χ2v) is 3.64. The van der Waals surface area contributed by atoms with E-state index in [1.165, 1.54) is 0 Å². The predicted molar refractivity (Wildman–Crippen MR) is 59.2 cm³/mol. The summed E-state index contributed by atoms with van der Waals surface area (Å²) in [6, 6.07) is 0.0182. The van der Waals surface area contributed by atoms with Crippen LogP contribution in [0.4, 0.5) is 0 Å². The molecule has 0 aromatic rings. The maximum Gasteiger partial charge on any atom is 0.239 e. The van der Waals surface area contributed by atoms with Crippen molar-refractivity contribution < 1.29 is 9.59 Å². The van der Waals surface area contributed by atoms with Gasteiger partial charge in [0.25, 0.3) is 0 Å². The summed E-state index contributed by atoms with van der Waals surface area (Å²) in [5.41, 5.74) is 5.50. The molecular formula is C10H21N3O2. The van der Waals surface area contributed by atoms with Crippen molar-refractivity contribution in [2.24, 2.45) is 5.73 Å². The molecule has 0 aliphatic heterocycles. The van der Waals surface area contributed by atoms with E-state index in [0.717, 1.165) is 6.42 Å². The molecule has 0 fully saturated rings. The van der Waals surface area contributed by atoms with Gasteiger partial charge >= 0.3 is 0 Å². The highest BCUT2D eigenvalue weighted by Gasteiger charge is 2.05. The lowest BCUT2D eigenvalue weighted by Crippen LogP contribution is -2.37. The highest BCUT2D eigenvalue weighted by molar-refractivity contribution is 5.84. The van der Waals surface area contributed by atoms with E-state index in [0.29, 0.717) is 19.4 Å². The van der Waals surface area contributed by atoms with E-state index >= 15 is 0 Å². The molecule has 0 saturated heterocycles. The van der Waals surface area contributed by atoms with Gasteiger partial charge in [0.1, 0.15) is 0 Å². The largest absolute Gasteiger partial charge is 0.355 e. The van der Waals surface area contributed by atoms with Crippen LogP contribution in [0.15, 0.2) is 0 Å². The summed E-state index contributed by atoms with van der Waals surface area (Å²) in [5, 5.41) is 5.21. The van der Waals surface area contributed by atoms with Crippen LogP contribution in [-0.4, -0.2) is 30.9 Å². The van der Waals surface area contributed by atoms with E-state index in [2.05, 4.69) is 10.6 Å². The molecule has 0 aromatic heterocycles. The van der Waals surface area contributed by atoms with Crippen LogP contribution in [0.25, 0.3) is 0 Å². The maximum absolute atomic E-state index is 11.2. The maximum atomic E-state index is 11.2. The predicted octanol–water partition coefficient (Wildman–Crippen LogP) is -0.244. The molecule has 5 heteroatoms. The first-order valence-corrected chi connectivity index (χ1v) is 5.35. The Morgan fingerprint density at radius 3 is 2.47 bits per heavy atom. The lowest BCUT2D eigenvalue weighted by Gasteiger charge is -2.07. The van der Waals surface area contributed by atoms with Gasteiger partial charge in [-0.3, -0.25) is 9.59 Å². The topological polar surface area (TPSA) is 84.2 Å². The van der Waals surface area contributed by atoms with Crippen molar-refractivity contribution in [1.29, 1.82) is 0 Å². The van der Waals surface area contributed by atoms with Gasteiger partial charge < -0.3 is 16.4 Å². The Kier molecular flexibility index (Phi) is 7.62. The normalized spacial score (nSPS) is 11.9. The standard InChI is InChI=1S/C10H21N3O2/c1-3-6-12-10(15)7-13-9(14)5-4-8(2)11/h8H,3-7,11H2,1-2H3,(H,12,15)(H,13,14). The minimum absolute atomic E-state index is 0.0182. The zero-order valence-corrected chi connectivity index (χ0v) is 9.51. The molecule has 15 heavy (non-hydrogen) atoms. The van der Waals surface area contributed by atoms with Gasteiger partial charge in [0.2, 0.25) is 11.8 Å². The summed E-state index contributed by atoms with van der Waals surface area (Å²) in [6.07, 6.45) is 1.91. The second-order valence-electron chi connectivity index (χ2n) is 3.64. The van der Waals surface area contributed by atoms with Gasteiger partial charge in [0, 0.05) is 19.0 Å². The fraction of sp³-hybridized carbons (Fsp3) is 0.800. The molecular weight excluding hydrogens is 194 g/mol. The number of nitrogens with one attached hydrogen (secondary N) is 2. The first-order valence-electron chi connectivity index (χ1n) is 5.35. The number of carbonyl (C=O) groups is 2. The SMILES string of the molecule is CCCNC(=O)CNC(=O)CCC(C)N. The van der Waals surface area contributed by atoms with Crippen molar-refractivity contribution in [2.75, 3.05) is 13.1 Å². The molecule has 2 amide bonds. The Balaban J connectivity index is 3.49. The van der Waals surface area contributed by atoms with E-state index in [-0.39, 0.29) is 24.4 Å². The van der Waals surface area contributed by atoms with Crippen molar-refractivity contribution in [1.82, 2.24) is 10.6 Å². The van der Waals surface area contributed by atoms with Crippen LogP contribution < -0.4 is 16.4 Å². The smallest absolute Gasteiger partial charge is 0.239 e. The minimum atomic E-state index is -0.147. The molecule has 0 heterocycles. The van der Waals surface area contributed by atoms with Crippen LogP contribution in [0, 0.1) is 0 Å². The van der Waals surface area contributed by atoms with Crippen LogP contribution in [0.3, 0.4) is 0 Å². The minimum Gasteiger partial charge on any atom is -0.355 e. The third-order valence-electron chi connectivity index (χ3n) is 1.85.